The van der Waals surface area contributed by atoms with Gasteiger partial charge in [-0.15, -0.1) is 0 Å². The van der Waals surface area contributed by atoms with Gasteiger partial charge in [0.05, 0.1) is 11.7 Å². The Bertz CT molecular complexity index is 687. The fourth-order valence-electron chi connectivity index (χ4n) is 1.97. The highest BCUT2D eigenvalue weighted by atomic mass is 16.3. The second-order valence-corrected chi connectivity index (χ2v) is 4.20. The van der Waals surface area contributed by atoms with Gasteiger partial charge in [0.2, 0.25) is 0 Å². The molecule has 18 heavy (non-hydrogen) atoms. The summed E-state index contributed by atoms with van der Waals surface area (Å²) in [5, 5.41) is 18.6. The van der Waals surface area contributed by atoms with Gasteiger partial charge in [-0.1, -0.05) is 12.1 Å². The number of phenols is 1. The van der Waals surface area contributed by atoms with Crippen LogP contribution in [0.1, 0.15) is 11.4 Å². The fourth-order valence-corrected chi connectivity index (χ4v) is 1.97. The molecule has 3 aromatic rings. The van der Waals surface area contributed by atoms with Gasteiger partial charge >= 0.3 is 0 Å². The lowest BCUT2D eigenvalue weighted by Gasteiger charge is -2.02. The highest BCUT2D eigenvalue weighted by Crippen LogP contribution is 2.17. The van der Waals surface area contributed by atoms with Crippen molar-refractivity contribution in [3.8, 4) is 11.5 Å². The minimum atomic E-state index is 0.235. The summed E-state index contributed by atoms with van der Waals surface area (Å²) in [5.74, 6) is 1.39. The van der Waals surface area contributed by atoms with Gasteiger partial charge in [0.1, 0.15) is 17.3 Å². The Labute approximate surface area is 104 Å². The quantitative estimate of drug-likeness (QED) is 0.722. The highest BCUT2D eigenvalue weighted by molar-refractivity contribution is 5.50. The largest absolute Gasteiger partial charge is 0.508 e. The summed E-state index contributed by atoms with van der Waals surface area (Å²) in [6, 6.07) is 10.4. The molecule has 0 fully saturated rings. The van der Waals surface area contributed by atoms with Crippen LogP contribution in [0.15, 0.2) is 48.8 Å². The average Bonchev–Trinajstić information content (AvgIpc) is 2.74. The number of benzene rings is 1. The number of imidazole rings is 1. The maximum Gasteiger partial charge on any atom is 0.119 e. The zero-order chi connectivity index (χ0) is 12.5. The second kappa shape index (κ2) is 4.07. The predicted molar refractivity (Wildman–Crippen MR) is 67.8 cm³/mol. The molecule has 0 aliphatic carbocycles. The number of aromatic nitrogens is 2. The first-order chi connectivity index (χ1) is 8.72. The van der Waals surface area contributed by atoms with Crippen LogP contribution < -0.4 is 0 Å². The monoisotopic (exact) mass is 240 g/mol. The molecular weight excluding hydrogens is 228 g/mol. The first kappa shape index (κ1) is 10.7. The first-order valence-corrected chi connectivity index (χ1v) is 5.65. The maximum atomic E-state index is 9.39. The zero-order valence-electron chi connectivity index (χ0n) is 9.61. The van der Waals surface area contributed by atoms with E-state index >= 15 is 0 Å². The number of hydrogen-bond acceptors (Lipinski definition) is 3. The summed E-state index contributed by atoms with van der Waals surface area (Å²) in [6.45, 7) is 0. The van der Waals surface area contributed by atoms with E-state index in [2.05, 4.69) is 4.98 Å². The Kier molecular flexibility index (Phi) is 2.41. The summed E-state index contributed by atoms with van der Waals surface area (Å²) in [6.07, 6.45) is 4.21. The summed E-state index contributed by atoms with van der Waals surface area (Å²) >= 11 is 0. The number of pyridine rings is 1. The third kappa shape index (κ3) is 1.88. The van der Waals surface area contributed by atoms with Crippen LogP contribution in [0.2, 0.25) is 0 Å². The lowest BCUT2D eigenvalue weighted by Crippen LogP contribution is -1.95. The molecule has 4 nitrogen and oxygen atoms in total. The van der Waals surface area contributed by atoms with Crippen LogP contribution in [0, 0.1) is 0 Å². The number of hydrogen-bond donors (Lipinski definition) is 2. The van der Waals surface area contributed by atoms with E-state index in [0.29, 0.717) is 6.42 Å². The minimum Gasteiger partial charge on any atom is -0.508 e. The van der Waals surface area contributed by atoms with Gasteiger partial charge in [-0.25, -0.2) is 4.98 Å². The third-order valence-electron chi connectivity index (χ3n) is 2.89. The van der Waals surface area contributed by atoms with E-state index in [-0.39, 0.29) is 11.5 Å². The van der Waals surface area contributed by atoms with Gasteiger partial charge in [0.25, 0.3) is 0 Å². The van der Waals surface area contributed by atoms with Crippen molar-refractivity contribution in [2.75, 3.05) is 0 Å². The lowest BCUT2D eigenvalue weighted by molar-refractivity contribution is 0.474. The molecule has 2 heterocycles. The molecule has 90 valence electrons. The molecule has 0 unspecified atom stereocenters. The number of rotatable bonds is 2. The Morgan fingerprint density at radius 2 is 1.78 bits per heavy atom. The van der Waals surface area contributed by atoms with E-state index in [4.69, 9.17) is 0 Å². The van der Waals surface area contributed by atoms with Gasteiger partial charge in [-0.3, -0.25) is 0 Å². The number of fused-ring (bicyclic) bond motifs is 1. The van der Waals surface area contributed by atoms with Crippen LogP contribution in [0.25, 0.3) is 5.52 Å². The van der Waals surface area contributed by atoms with Gasteiger partial charge in [0.15, 0.2) is 0 Å². The zero-order valence-corrected chi connectivity index (χ0v) is 9.61. The molecule has 0 bridgehead atoms. The Hall–Kier alpha value is -2.49. The normalized spacial score (nSPS) is 10.9. The molecule has 0 atom stereocenters. The average molecular weight is 240 g/mol. The van der Waals surface area contributed by atoms with Crippen LogP contribution in [0.4, 0.5) is 0 Å². The molecule has 3 rings (SSSR count). The summed E-state index contributed by atoms with van der Waals surface area (Å²) < 4.78 is 1.94. The maximum absolute atomic E-state index is 9.39. The van der Waals surface area contributed by atoms with Crippen molar-refractivity contribution in [3.05, 3.63) is 60.2 Å². The predicted octanol–water partition coefficient (Wildman–Crippen LogP) is 2.34. The lowest BCUT2D eigenvalue weighted by atomic mass is 10.1. The van der Waals surface area contributed by atoms with Crippen LogP contribution in [-0.2, 0) is 6.42 Å². The minimum absolute atomic E-state index is 0.235. The van der Waals surface area contributed by atoms with E-state index in [1.807, 2.05) is 16.5 Å². The first-order valence-electron chi connectivity index (χ1n) is 5.65. The number of aromatic hydroxyl groups is 2. The molecule has 0 aliphatic heterocycles. The molecule has 0 aliphatic rings. The standard InChI is InChI=1S/C14H12N2O2/c17-12-3-1-10(2-4-12)7-14-15-9-11-8-13(18)5-6-16(11)14/h1-6,8-9,17-18H,7H2. The van der Waals surface area contributed by atoms with Crippen molar-refractivity contribution in [2.45, 2.75) is 6.42 Å². The van der Waals surface area contributed by atoms with Crippen molar-refractivity contribution in [1.29, 1.82) is 0 Å². The van der Waals surface area contributed by atoms with E-state index in [1.54, 1.807) is 36.7 Å². The van der Waals surface area contributed by atoms with Crippen molar-refractivity contribution in [2.24, 2.45) is 0 Å². The van der Waals surface area contributed by atoms with Gasteiger partial charge < -0.3 is 14.6 Å². The van der Waals surface area contributed by atoms with Crippen LogP contribution in [0.3, 0.4) is 0 Å². The van der Waals surface area contributed by atoms with Gasteiger partial charge in [-0.2, -0.15) is 0 Å². The Morgan fingerprint density at radius 1 is 1.00 bits per heavy atom. The van der Waals surface area contributed by atoms with E-state index in [9.17, 15) is 10.2 Å². The molecule has 0 radical (unpaired) electrons. The molecule has 0 amide bonds. The van der Waals surface area contributed by atoms with Crippen LogP contribution in [0.5, 0.6) is 11.5 Å². The van der Waals surface area contributed by atoms with E-state index in [1.165, 1.54) is 0 Å². The molecule has 4 heteroatoms. The van der Waals surface area contributed by atoms with Crippen molar-refractivity contribution >= 4 is 5.52 Å². The molecule has 0 saturated heterocycles. The summed E-state index contributed by atoms with van der Waals surface area (Å²) in [4.78, 5) is 4.34. The smallest absolute Gasteiger partial charge is 0.119 e. The van der Waals surface area contributed by atoms with E-state index < -0.39 is 0 Å². The number of nitrogens with zero attached hydrogens (tertiary/aromatic N) is 2. The van der Waals surface area contributed by atoms with Crippen molar-refractivity contribution < 1.29 is 10.2 Å². The fraction of sp³-hybridized carbons (Fsp3) is 0.0714. The SMILES string of the molecule is Oc1ccc(Cc2ncc3cc(O)ccn23)cc1. The Balaban J connectivity index is 1.97. The second-order valence-electron chi connectivity index (χ2n) is 4.20. The van der Waals surface area contributed by atoms with Crippen LogP contribution in [-0.4, -0.2) is 19.6 Å². The topological polar surface area (TPSA) is 57.8 Å². The Morgan fingerprint density at radius 3 is 2.56 bits per heavy atom. The molecule has 0 spiro atoms. The molecule has 0 saturated carbocycles. The van der Waals surface area contributed by atoms with E-state index in [0.717, 1.165) is 16.9 Å². The molecule has 2 aromatic heterocycles. The third-order valence-corrected chi connectivity index (χ3v) is 2.89. The van der Waals surface area contributed by atoms with Gasteiger partial charge in [-0.05, 0) is 23.8 Å². The summed E-state index contributed by atoms with van der Waals surface area (Å²) in [7, 11) is 0. The summed E-state index contributed by atoms with van der Waals surface area (Å²) in [5.41, 5.74) is 1.94. The van der Waals surface area contributed by atoms with Crippen LogP contribution >= 0.6 is 0 Å². The van der Waals surface area contributed by atoms with Crippen molar-refractivity contribution in [3.63, 3.8) is 0 Å². The molecular formula is C14H12N2O2. The highest BCUT2D eigenvalue weighted by Gasteiger charge is 2.05. The van der Waals surface area contributed by atoms with Crippen molar-refractivity contribution in [1.82, 2.24) is 9.38 Å². The molecule has 1 aromatic carbocycles. The van der Waals surface area contributed by atoms with Gasteiger partial charge in [0, 0.05) is 18.7 Å². The molecule has 2 N–H and O–H groups in total. The number of phenolic OH excluding ortho intramolecular Hbond substituents is 1.